The molecule has 2 aromatic rings. The average Bonchev–Trinajstić information content (AvgIpc) is 3.24. The summed E-state index contributed by atoms with van der Waals surface area (Å²) < 4.78 is 10.5. The molecule has 3 rings (SSSR count). The van der Waals surface area contributed by atoms with Gasteiger partial charge in [0.15, 0.2) is 11.5 Å². The van der Waals surface area contributed by atoms with E-state index in [0.29, 0.717) is 42.4 Å². The van der Waals surface area contributed by atoms with Crippen LogP contribution in [0.5, 0.6) is 0 Å². The van der Waals surface area contributed by atoms with Crippen molar-refractivity contribution in [3.63, 3.8) is 0 Å². The van der Waals surface area contributed by atoms with Gasteiger partial charge in [0.25, 0.3) is 5.91 Å². The summed E-state index contributed by atoms with van der Waals surface area (Å²) in [6.45, 7) is 7.74. The van der Waals surface area contributed by atoms with Crippen LogP contribution in [0.3, 0.4) is 0 Å². The minimum absolute atomic E-state index is 0.0903. The number of hydrogen-bond acceptors (Lipinski definition) is 6. The zero-order valence-electron chi connectivity index (χ0n) is 15.3. The molecule has 2 aromatic heterocycles. The van der Waals surface area contributed by atoms with Gasteiger partial charge in [-0.3, -0.25) is 9.69 Å². The summed E-state index contributed by atoms with van der Waals surface area (Å²) in [7, 11) is 4.16. The van der Waals surface area contributed by atoms with Crippen LogP contribution in [0.1, 0.15) is 24.3 Å². The van der Waals surface area contributed by atoms with Gasteiger partial charge >= 0.3 is 0 Å². The second-order valence-corrected chi connectivity index (χ2v) is 7.00. The highest BCUT2D eigenvalue weighted by molar-refractivity contribution is 5.93. The van der Waals surface area contributed by atoms with Crippen molar-refractivity contribution in [3.8, 4) is 11.5 Å². The Morgan fingerprint density at radius 3 is 2.60 bits per heavy atom. The largest absolute Gasteiger partial charge is 0.461 e. The van der Waals surface area contributed by atoms with Gasteiger partial charge in [0.05, 0.1) is 6.26 Å². The van der Waals surface area contributed by atoms with E-state index in [4.69, 9.17) is 8.94 Å². The fourth-order valence-electron chi connectivity index (χ4n) is 3.35. The lowest BCUT2D eigenvalue weighted by atomic mass is 10.1. The van der Waals surface area contributed by atoms with Crippen molar-refractivity contribution < 1.29 is 13.7 Å². The third-order valence-electron chi connectivity index (χ3n) is 4.69. The van der Waals surface area contributed by atoms with Crippen LogP contribution >= 0.6 is 0 Å². The SMILES string of the molecule is CC1CN(C(=O)c2cc(-c3ccco3)on2)CC(C)N1CCN(C)C. The van der Waals surface area contributed by atoms with E-state index in [0.717, 1.165) is 13.1 Å². The van der Waals surface area contributed by atoms with Gasteiger partial charge in [-0.1, -0.05) is 5.16 Å². The molecule has 0 bridgehead atoms. The Kier molecular flexibility index (Phi) is 5.24. The zero-order chi connectivity index (χ0) is 18.0. The van der Waals surface area contributed by atoms with Crippen LogP contribution in [-0.4, -0.2) is 78.1 Å². The van der Waals surface area contributed by atoms with Crippen LogP contribution < -0.4 is 0 Å². The third kappa shape index (κ3) is 3.93. The first-order chi connectivity index (χ1) is 12.0. The highest BCUT2D eigenvalue weighted by atomic mass is 16.5. The van der Waals surface area contributed by atoms with Crippen molar-refractivity contribution in [2.24, 2.45) is 0 Å². The number of aromatic nitrogens is 1. The van der Waals surface area contributed by atoms with E-state index < -0.39 is 0 Å². The Balaban J connectivity index is 1.66. The fourth-order valence-corrected chi connectivity index (χ4v) is 3.35. The first-order valence-corrected chi connectivity index (χ1v) is 8.66. The summed E-state index contributed by atoms with van der Waals surface area (Å²) in [5.41, 5.74) is 0.326. The summed E-state index contributed by atoms with van der Waals surface area (Å²) in [5.74, 6) is 0.952. The monoisotopic (exact) mass is 346 g/mol. The van der Waals surface area contributed by atoms with Gasteiger partial charge in [-0.15, -0.1) is 0 Å². The van der Waals surface area contributed by atoms with Gasteiger partial charge in [-0.25, -0.2) is 0 Å². The van der Waals surface area contributed by atoms with E-state index in [1.165, 1.54) is 0 Å². The van der Waals surface area contributed by atoms with Crippen LogP contribution in [0.2, 0.25) is 0 Å². The van der Waals surface area contributed by atoms with E-state index in [1.54, 1.807) is 24.5 Å². The van der Waals surface area contributed by atoms with Crippen LogP contribution in [-0.2, 0) is 0 Å². The molecule has 7 nitrogen and oxygen atoms in total. The third-order valence-corrected chi connectivity index (χ3v) is 4.69. The number of likely N-dealkylation sites (N-methyl/N-ethyl adjacent to an activating group) is 1. The van der Waals surface area contributed by atoms with Crippen LogP contribution in [0.4, 0.5) is 0 Å². The summed E-state index contributed by atoms with van der Waals surface area (Å²) in [5, 5.41) is 3.93. The van der Waals surface area contributed by atoms with Crippen molar-refractivity contribution in [3.05, 3.63) is 30.2 Å². The van der Waals surface area contributed by atoms with Gasteiger partial charge in [0.1, 0.15) is 0 Å². The van der Waals surface area contributed by atoms with Crippen LogP contribution in [0, 0.1) is 0 Å². The number of hydrogen-bond donors (Lipinski definition) is 0. The molecule has 1 aliphatic rings. The number of carbonyl (C=O) groups excluding carboxylic acids is 1. The highest BCUT2D eigenvalue weighted by Gasteiger charge is 2.33. The molecule has 0 aromatic carbocycles. The molecule has 0 saturated carbocycles. The van der Waals surface area contributed by atoms with Crippen molar-refractivity contribution in [2.75, 3.05) is 40.3 Å². The van der Waals surface area contributed by atoms with Gasteiger partial charge in [0, 0.05) is 44.3 Å². The second-order valence-electron chi connectivity index (χ2n) is 7.00. The first-order valence-electron chi connectivity index (χ1n) is 8.66. The van der Waals surface area contributed by atoms with E-state index in [9.17, 15) is 4.79 Å². The molecule has 3 heterocycles. The minimum Gasteiger partial charge on any atom is -0.461 e. The van der Waals surface area contributed by atoms with E-state index in [1.807, 2.05) is 4.90 Å². The number of carbonyl (C=O) groups is 1. The normalized spacial score (nSPS) is 21.9. The summed E-state index contributed by atoms with van der Waals surface area (Å²) in [6, 6.07) is 5.82. The lowest BCUT2D eigenvalue weighted by Crippen LogP contribution is -2.59. The molecule has 2 atom stereocenters. The van der Waals surface area contributed by atoms with Crippen LogP contribution in [0.25, 0.3) is 11.5 Å². The summed E-state index contributed by atoms with van der Waals surface area (Å²) >= 11 is 0. The number of nitrogens with zero attached hydrogens (tertiary/aromatic N) is 4. The van der Waals surface area contributed by atoms with Crippen molar-refractivity contribution in [2.45, 2.75) is 25.9 Å². The Bertz CT molecular complexity index is 683. The molecule has 0 aliphatic carbocycles. The molecule has 1 aliphatic heterocycles. The topological polar surface area (TPSA) is 66.0 Å². The van der Waals surface area contributed by atoms with Gasteiger partial charge in [0.2, 0.25) is 5.76 Å². The van der Waals surface area contributed by atoms with E-state index in [-0.39, 0.29) is 5.91 Å². The van der Waals surface area contributed by atoms with Crippen molar-refractivity contribution >= 4 is 5.91 Å². The molecule has 1 fully saturated rings. The molecule has 136 valence electrons. The average molecular weight is 346 g/mol. The predicted molar refractivity (Wildman–Crippen MR) is 94.3 cm³/mol. The Morgan fingerprint density at radius 2 is 2.00 bits per heavy atom. The molecule has 1 amide bonds. The van der Waals surface area contributed by atoms with Crippen molar-refractivity contribution in [1.29, 1.82) is 0 Å². The maximum atomic E-state index is 12.8. The Morgan fingerprint density at radius 1 is 1.28 bits per heavy atom. The smallest absolute Gasteiger partial charge is 0.276 e. The predicted octanol–water partition coefficient (Wildman–Crippen LogP) is 2.03. The quantitative estimate of drug-likeness (QED) is 0.825. The highest BCUT2D eigenvalue weighted by Crippen LogP contribution is 2.23. The maximum Gasteiger partial charge on any atom is 0.276 e. The van der Waals surface area contributed by atoms with Crippen LogP contribution in [0.15, 0.2) is 33.4 Å². The molecule has 2 unspecified atom stereocenters. The lowest BCUT2D eigenvalue weighted by molar-refractivity contribution is 0.0276. The molecule has 0 radical (unpaired) electrons. The molecule has 0 spiro atoms. The van der Waals surface area contributed by atoms with E-state index >= 15 is 0 Å². The number of furan rings is 1. The summed E-state index contributed by atoms with van der Waals surface area (Å²) in [4.78, 5) is 19.3. The zero-order valence-corrected chi connectivity index (χ0v) is 15.3. The molecule has 25 heavy (non-hydrogen) atoms. The number of piperazine rings is 1. The molecule has 1 saturated heterocycles. The Labute approximate surface area is 148 Å². The number of amides is 1. The van der Waals surface area contributed by atoms with Crippen molar-refractivity contribution in [1.82, 2.24) is 19.9 Å². The van der Waals surface area contributed by atoms with Gasteiger partial charge < -0.3 is 18.7 Å². The molecular formula is C18H26N4O3. The second kappa shape index (κ2) is 7.41. The first kappa shape index (κ1) is 17.7. The molecule has 7 heteroatoms. The summed E-state index contributed by atoms with van der Waals surface area (Å²) in [6.07, 6.45) is 1.57. The van der Waals surface area contributed by atoms with E-state index in [2.05, 4.69) is 42.9 Å². The maximum absolute atomic E-state index is 12.8. The minimum atomic E-state index is -0.0903. The van der Waals surface area contributed by atoms with Gasteiger partial charge in [-0.2, -0.15) is 0 Å². The molecule has 0 N–H and O–H groups in total. The lowest BCUT2D eigenvalue weighted by Gasteiger charge is -2.44. The molecular weight excluding hydrogens is 320 g/mol. The Hall–Kier alpha value is -2.12. The van der Waals surface area contributed by atoms with Gasteiger partial charge in [-0.05, 0) is 40.1 Å². The standard InChI is InChI=1S/C18H26N4O3/c1-13-11-21(12-14(2)22(13)8-7-20(3)4)18(23)15-10-17(25-19-15)16-6-5-9-24-16/h5-6,9-10,13-14H,7-8,11-12H2,1-4H3. The fraction of sp³-hybridized carbons (Fsp3) is 0.556. The number of rotatable bonds is 5.